The average molecular weight is 300 g/mol. The summed E-state index contributed by atoms with van der Waals surface area (Å²) in [5.74, 6) is -0.833. The molecule has 0 radical (unpaired) electrons. The van der Waals surface area contributed by atoms with E-state index >= 15 is 0 Å². The van der Waals surface area contributed by atoms with Gasteiger partial charge in [0.2, 0.25) is 5.91 Å². The van der Waals surface area contributed by atoms with Crippen LogP contribution in [0.4, 0.5) is 4.79 Å². The first-order chi connectivity index (χ1) is 9.64. The second kappa shape index (κ2) is 6.78. The number of hydrogen-bond donors (Lipinski definition) is 0. The van der Waals surface area contributed by atoms with Crippen molar-refractivity contribution in [2.45, 2.75) is 45.8 Å². The van der Waals surface area contributed by atoms with Gasteiger partial charge in [-0.05, 0) is 27.7 Å². The Morgan fingerprint density at radius 1 is 1.19 bits per heavy atom. The lowest BCUT2D eigenvalue weighted by atomic mass is 10.1. The maximum atomic E-state index is 12.0. The zero-order valence-electron chi connectivity index (χ0n) is 13.3. The van der Waals surface area contributed by atoms with Crippen LogP contribution in [0.25, 0.3) is 0 Å². The Kier molecular flexibility index (Phi) is 5.57. The van der Waals surface area contributed by atoms with E-state index in [4.69, 9.17) is 4.74 Å². The minimum absolute atomic E-state index is 0.163. The van der Waals surface area contributed by atoms with E-state index in [0.717, 1.165) is 0 Å². The third-order valence-corrected chi connectivity index (χ3v) is 3.12. The number of carbonyl (C=O) groups is 3. The molecule has 1 saturated heterocycles. The van der Waals surface area contributed by atoms with Crippen LogP contribution in [-0.4, -0.2) is 66.2 Å². The fourth-order valence-corrected chi connectivity index (χ4v) is 2.12. The molecule has 1 fully saturated rings. The fraction of sp³-hybridized carbons (Fsp3) is 0.786. The molecule has 120 valence electrons. The van der Waals surface area contributed by atoms with E-state index in [0.29, 0.717) is 19.6 Å². The van der Waals surface area contributed by atoms with E-state index in [1.807, 2.05) is 27.7 Å². The molecule has 0 spiro atoms. The Balaban J connectivity index is 2.56. The van der Waals surface area contributed by atoms with E-state index in [2.05, 4.69) is 4.74 Å². The Morgan fingerprint density at radius 3 is 2.29 bits per heavy atom. The van der Waals surface area contributed by atoms with Crippen molar-refractivity contribution in [3.63, 3.8) is 0 Å². The van der Waals surface area contributed by atoms with E-state index in [1.54, 1.807) is 9.80 Å². The molecule has 7 nitrogen and oxygen atoms in total. The van der Waals surface area contributed by atoms with Gasteiger partial charge >= 0.3 is 12.1 Å². The summed E-state index contributed by atoms with van der Waals surface area (Å²) in [7, 11) is 1.25. The summed E-state index contributed by atoms with van der Waals surface area (Å²) in [5, 5.41) is 0. The van der Waals surface area contributed by atoms with Crippen LogP contribution in [0, 0.1) is 0 Å². The number of ether oxygens (including phenoxy) is 2. The molecule has 0 saturated carbocycles. The van der Waals surface area contributed by atoms with Gasteiger partial charge in [0, 0.05) is 25.7 Å². The summed E-state index contributed by atoms with van der Waals surface area (Å²) >= 11 is 0. The standard InChI is InChI=1S/C14H24N2O5/c1-10-9-15(13(19)21-14(2,3)4)6-7-16(10)11(17)8-12(18)20-5/h10H,6-9H2,1-5H3/t10-/m0/s1. The molecule has 0 aromatic heterocycles. The van der Waals surface area contributed by atoms with Crippen LogP contribution in [0.1, 0.15) is 34.1 Å². The van der Waals surface area contributed by atoms with Gasteiger partial charge in [-0.1, -0.05) is 0 Å². The predicted molar refractivity (Wildman–Crippen MR) is 75.6 cm³/mol. The maximum Gasteiger partial charge on any atom is 0.410 e. The summed E-state index contributed by atoms with van der Waals surface area (Å²) in [4.78, 5) is 38.3. The molecule has 1 aliphatic rings. The molecule has 2 amide bonds. The molecule has 0 bridgehead atoms. The first kappa shape index (κ1) is 17.3. The lowest BCUT2D eigenvalue weighted by Crippen LogP contribution is -2.56. The highest BCUT2D eigenvalue weighted by atomic mass is 16.6. The lowest BCUT2D eigenvalue weighted by molar-refractivity contribution is -0.148. The van der Waals surface area contributed by atoms with Gasteiger partial charge in [0.05, 0.1) is 7.11 Å². The van der Waals surface area contributed by atoms with Gasteiger partial charge in [0.25, 0.3) is 0 Å². The second-order valence-electron chi connectivity index (χ2n) is 6.12. The van der Waals surface area contributed by atoms with Crippen molar-refractivity contribution in [2.75, 3.05) is 26.7 Å². The lowest BCUT2D eigenvalue weighted by Gasteiger charge is -2.40. The Labute approximate surface area is 125 Å². The topological polar surface area (TPSA) is 76.2 Å². The Bertz CT molecular complexity index is 416. The maximum absolute atomic E-state index is 12.0. The third kappa shape index (κ3) is 5.24. The highest BCUT2D eigenvalue weighted by Gasteiger charge is 2.32. The summed E-state index contributed by atoms with van der Waals surface area (Å²) in [6.07, 6.45) is -0.651. The Hall–Kier alpha value is -1.79. The van der Waals surface area contributed by atoms with E-state index in [1.165, 1.54) is 7.11 Å². The molecular formula is C14H24N2O5. The molecule has 0 aliphatic carbocycles. The van der Waals surface area contributed by atoms with Crippen molar-refractivity contribution in [2.24, 2.45) is 0 Å². The summed E-state index contributed by atoms with van der Waals surface area (Å²) in [6.45, 7) is 8.44. The highest BCUT2D eigenvalue weighted by Crippen LogP contribution is 2.15. The first-order valence-corrected chi connectivity index (χ1v) is 6.98. The molecule has 1 atom stereocenters. The second-order valence-corrected chi connectivity index (χ2v) is 6.12. The summed E-state index contributed by atoms with van der Waals surface area (Å²) in [6, 6.07) is -0.163. The van der Waals surface area contributed by atoms with Crippen molar-refractivity contribution in [3.8, 4) is 0 Å². The van der Waals surface area contributed by atoms with Crippen LogP contribution < -0.4 is 0 Å². The quantitative estimate of drug-likeness (QED) is 0.562. The van der Waals surface area contributed by atoms with Gasteiger partial charge in [0.1, 0.15) is 12.0 Å². The van der Waals surface area contributed by atoms with Crippen LogP contribution in [0.15, 0.2) is 0 Å². The molecule has 1 heterocycles. The van der Waals surface area contributed by atoms with Crippen molar-refractivity contribution < 1.29 is 23.9 Å². The highest BCUT2D eigenvalue weighted by molar-refractivity contribution is 5.94. The third-order valence-electron chi connectivity index (χ3n) is 3.12. The van der Waals surface area contributed by atoms with Crippen LogP contribution >= 0.6 is 0 Å². The number of amides is 2. The largest absolute Gasteiger partial charge is 0.469 e. The molecule has 0 N–H and O–H groups in total. The molecule has 0 aromatic carbocycles. The monoisotopic (exact) mass is 300 g/mol. The van der Waals surface area contributed by atoms with Gasteiger partial charge in [-0.25, -0.2) is 4.79 Å². The van der Waals surface area contributed by atoms with Gasteiger partial charge in [-0.15, -0.1) is 0 Å². The minimum atomic E-state index is -0.554. The van der Waals surface area contributed by atoms with Gasteiger partial charge in [0.15, 0.2) is 0 Å². The average Bonchev–Trinajstić information content (AvgIpc) is 2.36. The smallest absolute Gasteiger partial charge is 0.410 e. The van der Waals surface area contributed by atoms with Gasteiger partial charge in [-0.2, -0.15) is 0 Å². The van der Waals surface area contributed by atoms with Crippen LogP contribution in [-0.2, 0) is 19.1 Å². The summed E-state index contributed by atoms with van der Waals surface area (Å²) < 4.78 is 9.80. The van der Waals surface area contributed by atoms with Crippen LogP contribution in [0.2, 0.25) is 0 Å². The Morgan fingerprint density at radius 2 is 1.81 bits per heavy atom. The van der Waals surface area contributed by atoms with Crippen LogP contribution in [0.5, 0.6) is 0 Å². The van der Waals surface area contributed by atoms with Crippen LogP contribution in [0.3, 0.4) is 0 Å². The number of hydrogen-bond acceptors (Lipinski definition) is 5. The fourth-order valence-electron chi connectivity index (χ4n) is 2.12. The summed E-state index contributed by atoms with van der Waals surface area (Å²) in [5.41, 5.74) is -0.543. The number of rotatable bonds is 2. The van der Waals surface area contributed by atoms with Gasteiger partial charge in [-0.3, -0.25) is 9.59 Å². The predicted octanol–water partition coefficient (Wildman–Crippen LogP) is 1.02. The van der Waals surface area contributed by atoms with E-state index < -0.39 is 11.6 Å². The molecule has 21 heavy (non-hydrogen) atoms. The van der Waals surface area contributed by atoms with E-state index in [-0.39, 0.29) is 24.5 Å². The molecule has 1 aliphatic heterocycles. The molecule has 1 rings (SSSR count). The van der Waals surface area contributed by atoms with Crippen molar-refractivity contribution in [3.05, 3.63) is 0 Å². The van der Waals surface area contributed by atoms with Gasteiger partial charge < -0.3 is 19.3 Å². The number of methoxy groups -OCH3 is 1. The molecule has 0 unspecified atom stereocenters. The van der Waals surface area contributed by atoms with E-state index in [9.17, 15) is 14.4 Å². The molecule has 0 aromatic rings. The number of carbonyl (C=O) groups excluding carboxylic acids is 3. The zero-order chi connectivity index (χ0) is 16.2. The minimum Gasteiger partial charge on any atom is -0.469 e. The molecular weight excluding hydrogens is 276 g/mol. The molecule has 7 heteroatoms. The normalized spacial score (nSPS) is 19.2. The number of piperazine rings is 1. The first-order valence-electron chi connectivity index (χ1n) is 6.98. The van der Waals surface area contributed by atoms with Crippen molar-refractivity contribution in [1.29, 1.82) is 0 Å². The zero-order valence-corrected chi connectivity index (χ0v) is 13.3. The van der Waals surface area contributed by atoms with Crippen molar-refractivity contribution >= 4 is 18.0 Å². The van der Waals surface area contributed by atoms with Crippen molar-refractivity contribution in [1.82, 2.24) is 9.80 Å². The number of nitrogens with zero attached hydrogens (tertiary/aromatic N) is 2. The number of esters is 1. The SMILES string of the molecule is COC(=O)CC(=O)N1CCN(C(=O)OC(C)(C)C)C[C@@H]1C.